The van der Waals surface area contributed by atoms with Crippen LogP contribution in [0, 0.1) is 0 Å². The molecular weight excluding hydrogens is 1150 g/mol. The molecule has 3 heteroatoms. The van der Waals surface area contributed by atoms with Crippen LogP contribution >= 0.6 is 0 Å². The second kappa shape index (κ2) is 22.6. The lowest BCUT2D eigenvalue weighted by atomic mass is 9.66. The van der Waals surface area contributed by atoms with Crippen LogP contribution in [0.4, 0.5) is 0 Å². The highest BCUT2D eigenvalue weighted by molar-refractivity contribution is 5.98. The molecule has 0 bridgehead atoms. The number of hydrogen-bond donors (Lipinski definition) is 0. The molecule has 3 aliphatic carbocycles. The van der Waals surface area contributed by atoms with Crippen LogP contribution in [0.3, 0.4) is 0 Å². The normalized spacial score (nSPS) is 15.7. The average molecular weight is 1210 g/mol. The monoisotopic (exact) mass is 1210 g/mol. The molecule has 3 aromatic heterocycles. The minimum Gasteiger partial charge on any atom is -0.247 e. The molecule has 444 valence electrons. The van der Waals surface area contributed by atoms with E-state index in [1.165, 1.54) is 121 Å². The summed E-state index contributed by atoms with van der Waals surface area (Å²) >= 11 is 0. The van der Waals surface area contributed by atoms with E-state index < -0.39 is 10.8 Å². The fourth-order valence-corrected chi connectivity index (χ4v) is 16.4. The number of fused-ring (bicyclic) bond motifs is 14. The Morgan fingerprint density at radius 2 is 0.474 bits per heavy atom. The summed E-state index contributed by atoms with van der Waals surface area (Å²) < 4.78 is 0. The Labute approximate surface area is 552 Å². The summed E-state index contributed by atoms with van der Waals surface area (Å²) in [4.78, 5) is 15.6. The van der Waals surface area contributed by atoms with Crippen molar-refractivity contribution in [3.63, 3.8) is 0 Å². The maximum atomic E-state index is 5.22. The number of hydrogen-bond acceptors (Lipinski definition) is 3. The maximum absolute atomic E-state index is 5.22. The van der Waals surface area contributed by atoms with Crippen LogP contribution in [0.5, 0.6) is 0 Å². The first-order valence-corrected chi connectivity index (χ1v) is 32.8. The van der Waals surface area contributed by atoms with Crippen molar-refractivity contribution in [3.05, 3.63) is 437 Å². The molecule has 95 heavy (non-hydrogen) atoms. The first-order valence-electron chi connectivity index (χ1n) is 32.8. The van der Waals surface area contributed by atoms with Gasteiger partial charge in [-0.25, -0.2) is 15.0 Å². The topological polar surface area (TPSA) is 38.7 Å². The van der Waals surface area contributed by atoms with Gasteiger partial charge in [0, 0.05) is 32.8 Å². The van der Waals surface area contributed by atoms with Crippen LogP contribution in [-0.4, -0.2) is 15.0 Å². The van der Waals surface area contributed by atoms with Crippen LogP contribution in [-0.2, 0) is 16.2 Å². The van der Waals surface area contributed by atoms with E-state index in [0.717, 1.165) is 33.6 Å². The second-order valence-corrected chi connectivity index (χ2v) is 25.2. The molecule has 2 unspecified atom stereocenters. The van der Waals surface area contributed by atoms with E-state index in [1.54, 1.807) is 0 Å². The Balaban J connectivity index is 0.000000105. The summed E-state index contributed by atoms with van der Waals surface area (Å²) in [5, 5.41) is 8.56. The third-order valence-electron chi connectivity index (χ3n) is 20.3. The molecule has 0 fully saturated rings. The Morgan fingerprint density at radius 3 is 0.926 bits per heavy atom. The van der Waals surface area contributed by atoms with Crippen molar-refractivity contribution in [1.82, 2.24) is 15.0 Å². The zero-order valence-electron chi connectivity index (χ0n) is 52.1. The van der Waals surface area contributed by atoms with E-state index in [9.17, 15) is 0 Å². The molecule has 3 aliphatic rings. The minimum absolute atomic E-state index is 0.370. The fourth-order valence-electron chi connectivity index (χ4n) is 16.4. The molecule has 0 N–H and O–H groups in total. The van der Waals surface area contributed by atoms with E-state index in [2.05, 4.69) is 370 Å². The molecule has 3 nitrogen and oxygen atoms in total. The Bertz CT molecular complexity index is 5760. The first-order chi connectivity index (χ1) is 47.1. The molecule has 14 aromatic carbocycles. The molecule has 0 spiro atoms. The predicted molar refractivity (Wildman–Crippen MR) is 392 cm³/mol. The zero-order valence-corrected chi connectivity index (χ0v) is 52.1. The van der Waals surface area contributed by atoms with Crippen LogP contribution in [0.1, 0.15) is 66.8 Å². The quantitative estimate of drug-likeness (QED) is 0.167. The minimum atomic E-state index is -0.439. The van der Waals surface area contributed by atoms with Crippen molar-refractivity contribution in [2.45, 2.75) is 16.2 Å². The molecule has 3 heterocycles. The molecule has 0 saturated carbocycles. The summed E-state index contributed by atoms with van der Waals surface area (Å²) in [5.41, 5.74) is 24.1. The lowest BCUT2D eigenvalue weighted by molar-refractivity contribution is 0.768. The van der Waals surface area contributed by atoms with Crippen molar-refractivity contribution in [2.75, 3.05) is 0 Å². The van der Waals surface area contributed by atoms with Gasteiger partial charge in [-0.2, -0.15) is 0 Å². The van der Waals surface area contributed by atoms with Crippen molar-refractivity contribution in [2.24, 2.45) is 0 Å². The van der Waals surface area contributed by atoms with E-state index in [4.69, 9.17) is 15.0 Å². The summed E-state index contributed by atoms with van der Waals surface area (Å²) in [6.07, 6.45) is 0. The van der Waals surface area contributed by atoms with Gasteiger partial charge in [0.1, 0.15) is 0 Å². The zero-order chi connectivity index (χ0) is 62.9. The van der Waals surface area contributed by atoms with Gasteiger partial charge in [0.15, 0.2) is 0 Å². The Hall–Kier alpha value is -12.2. The highest BCUT2D eigenvalue weighted by atomic mass is 14.8. The summed E-state index contributed by atoms with van der Waals surface area (Å²) in [5.74, 6) is 0. The smallest absolute Gasteiger partial charge is 0.0761 e. The van der Waals surface area contributed by atoms with Crippen molar-refractivity contribution in [3.8, 4) is 33.8 Å². The summed E-state index contributed by atoms with van der Waals surface area (Å²) in [6.45, 7) is 0. The van der Waals surface area contributed by atoms with Crippen molar-refractivity contribution in [1.29, 1.82) is 0 Å². The number of pyridine rings is 3. The first kappa shape index (κ1) is 55.7. The van der Waals surface area contributed by atoms with Gasteiger partial charge in [-0.3, -0.25) is 0 Å². The van der Waals surface area contributed by atoms with E-state index in [-0.39, 0.29) is 5.41 Å². The average Bonchev–Trinajstić information content (AvgIpc) is 1.58. The van der Waals surface area contributed by atoms with Gasteiger partial charge in [0.25, 0.3) is 0 Å². The number of rotatable bonds is 6. The standard InChI is InChI=1S/2C32H21N.C28H19N/c1-2-14-24(15-3-1)32(27-19-10-13-22-11-4-6-16-25(22)27)28-18-8-7-17-26(28)31-29(32)21-23-12-5-9-20-30(23)33-31;1-2-13-25(14-3-1)32(26-19-18-22-10-4-5-11-23(22)20-26)28-16-8-7-15-27(28)31-29(32)21-24-12-6-9-17-30(24)33-31;1-3-12-21(13-4-1)28(22-14-5-2-6-15-22)24-17-9-8-16-23(24)27-25(28)19-20-11-7-10-18-26(20)29-27/h2*1-21H;1-19H. The van der Waals surface area contributed by atoms with Crippen LogP contribution in [0.25, 0.3) is 88.0 Å². The number of para-hydroxylation sites is 3. The highest BCUT2D eigenvalue weighted by Gasteiger charge is 2.50. The van der Waals surface area contributed by atoms with Gasteiger partial charge in [-0.05, 0) is 131 Å². The largest absolute Gasteiger partial charge is 0.247 e. The molecule has 0 amide bonds. The molecule has 17 aromatic rings. The van der Waals surface area contributed by atoms with E-state index in [1.807, 2.05) is 0 Å². The van der Waals surface area contributed by atoms with Gasteiger partial charge < -0.3 is 0 Å². The molecule has 0 saturated heterocycles. The molecular formula is C92H61N3. The summed E-state index contributed by atoms with van der Waals surface area (Å²) in [7, 11) is 0. The van der Waals surface area contributed by atoms with Gasteiger partial charge >= 0.3 is 0 Å². The third kappa shape index (κ3) is 8.56. The van der Waals surface area contributed by atoms with E-state index in [0.29, 0.717) is 0 Å². The lowest BCUT2D eigenvalue weighted by Gasteiger charge is -2.34. The molecule has 0 aliphatic heterocycles. The fraction of sp³-hybridized carbons (Fsp3) is 0.0326. The molecule has 2 atom stereocenters. The van der Waals surface area contributed by atoms with E-state index >= 15 is 0 Å². The van der Waals surface area contributed by atoms with Gasteiger partial charge in [-0.1, -0.05) is 328 Å². The Morgan fingerprint density at radius 1 is 0.168 bits per heavy atom. The third-order valence-corrected chi connectivity index (χ3v) is 20.3. The number of nitrogens with zero attached hydrogens (tertiary/aromatic N) is 3. The SMILES string of the molecule is c1ccc(C2(c3ccc4ccccc4c3)c3ccccc3-c3nc4ccccc4cc32)cc1.c1ccc(C2(c3cccc4ccccc34)c3ccccc3-c3nc4ccccc4cc32)cc1.c1ccc(C2(c3ccccc3)c3ccccc3-c3nc4ccccc4cc32)cc1. The van der Waals surface area contributed by atoms with Crippen molar-refractivity contribution >= 4 is 54.3 Å². The van der Waals surface area contributed by atoms with Crippen molar-refractivity contribution < 1.29 is 0 Å². The van der Waals surface area contributed by atoms with Gasteiger partial charge in [0.05, 0.1) is 49.9 Å². The van der Waals surface area contributed by atoms with Crippen LogP contribution in [0.2, 0.25) is 0 Å². The summed E-state index contributed by atoms with van der Waals surface area (Å²) in [6, 6.07) is 133. The van der Waals surface area contributed by atoms with Crippen LogP contribution in [0.15, 0.2) is 370 Å². The van der Waals surface area contributed by atoms with Gasteiger partial charge in [0.2, 0.25) is 0 Å². The Kier molecular flexibility index (Phi) is 13.2. The maximum Gasteiger partial charge on any atom is 0.0761 e. The number of aromatic nitrogens is 3. The molecule has 20 rings (SSSR count). The predicted octanol–water partition coefficient (Wildman–Crippen LogP) is 22.1. The second-order valence-electron chi connectivity index (χ2n) is 25.2. The lowest BCUT2D eigenvalue weighted by Crippen LogP contribution is -2.29. The van der Waals surface area contributed by atoms with Gasteiger partial charge in [-0.15, -0.1) is 0 Å². The van der Waals surface area contributed by atoms with Crippen LogP contribution < -0.4 is 0 Å². The number of benzene rings is 14. The molecule has 0 radical (unpaired) electrons. The highest BCUT2D eigenvalue weighted by Crippen LogP contribution is 2.60.